The minimum absolute atomic E-state index is 0.0908. The van der Waals surface area contributed by atoms with Crippen molar-refractivity contribution in [1.29, 1.82) is 0 Å². The fraction of sp³-hybridized carbons (Fsp3) is 0.526. The van der Waals surface area contributed by atoms with Crippen molar-refractivity contribution >= 4 is 22.9 Å². The van der Waals surface area contributed by atoms with Crippen LogP contribution in [0.15, 0.2) is 22.6 Å². The Balaban J connectivity index is 1.42. The summed E-state index contributed by atoms with van der Waals surface area (Å²) in [5.41, 5.74) is 7.77. The van der Waals surface area contributed by atoms with Gasteiger partial charge in [0.25, 0.3) is 5.91 Å². The minimum Gasteiger partial charge on any atom is -0.449 e. The lowest BCUT2D eigenvalue weighted by atomic mass is 10.0. The standard InChI is InChI=1S/C19H24N4O3/c1-12-4-5-16-14(21-12)11-17(26-16)19(25)22-9-6-13(7-10-22)23-8-2-3-15(23)18(20)24/h4-5,11,13,15H,2-3,6-10H2,1H3,(H2,20,24). The third-order valence-electron chi connectivity index (χ3n) is 5.57. The van der Waals surface area contributed by atoms with Gasteiger partial charge < -0.3 is 15.1 Å². The summed E-state index contributed by atoms with van der Waals surface area (Å²) in [6, 6.07) is 5.61. The van der Waals surface area contributed by atoms with Gasteiger partial charge in [0.05, 0.1) is 6.04 Å². The molecule has 2 amide bonds. The molecule has 0 spiro atoms. The number of amides is 2. The topological polar surface area (TPSA) is 92.7 Å². The minimum atomic E-state index is -0.230. The van der Waals surface area contributed by atoms with Crippen LogP contribution in [0.2, 0.25) is 0 Å². The van der Waals surface area contributed by atoms with Gasteiger partial charge in [0.1, 0.15) is 5.52 Å². The van der Waals surface area contributed by atoms with E-state index in [2.05, 4.69) is 9.88 Å². The number of aromatic nitrogens is 1. The lowest BCUT2D eigenvalue weighted by molar-refractivity contribution is -0.123. The van der Waals surface area contributed by atoms with Crippen molar-refractivity contribution in [3.05, 3.63) is 29.7 Å². The van der Waals surface area contributed by atoms with Crippen molar-refractivity contribution in [2.45, 2.75) is 44.7 Å². The Kier molecular flexibility index (Phi) is 4.40. The summed E-state index contributed by atoms with van der Waals surface area (Å²) in [6.07, 6.45) is 3.57. The lowest BCUT2D eigenvalue weighted by Gasteiger charge is -2.38. The second-order valence-corrected chi connectivity index (χ2v) is 7.27. The number of nitrogens with zero attached hydrogens (tertiary/aromatic N) is 3. The Morgan fingerprint density at radius 1 is 1.19 bits per heavy atom. The summed E-state index contributed by atoms with van der Waals surface area (Å²) in [7, 11) is 0. The van der Waals surface area contributed by atoms with Crippen LogP contribution in [-0.4, -0.2) is 58.3 Å². The van der Waals surface area contributed by atoms with E-state index in [-0.39, 0.29) is 17.9 Å². The fourth-order valence-corrected chi connectivity index (χ4v) is 4.22. The molecule has 2 N–H and O–H groups in total. The van der Waals surface area contributed by atoms with Gasteiger partial charge in [0.2, 0.25) is 5.91 Å². The van der Waals surface area contributed by atoms with Gasteiger partial charge in [-0.3, -0.25) is 14.5 Å². The number of primary amides is 1. The highest BCUT2D eigenvalue weighted by Crippen LogP contribution is 2.27. The molecule has 138 valence electrons. The van der Waals surface area contributed by atoms with Crippen LogP contribution in [-0.2, 0) is 4.79 Å². The van der Waals surface area contributed by atoms with E-state index < -0.39 is 0 Å². The Labute approximate surface area is 152 Å². The Morgan fingerprint density at radius 3 is 2.69 bits per heavy atom. The SMILES string of the molecule is Cc1ccc2oc(C(=O)N3CCC(N4CCCC4C(N)=O)CC3)cc2n1. The number of furan rings is 1. The summed E-state index contributed by atoms with van der Waals surface area (Å²) in [5, 5.41) is 0. The molecule has 4 rings (SSSR count). The number of fused-ring (bicyclic) bond motifs is 1. The van der Waals surface area contributed by atoms with Crippen molar-refractivity contribution in [2.24, 2.45) is 5.73 Å². The van der Waals surface area contributed by atoms with Gasteiger partial charge in [-0.05, 0) is 51.3 Å². The van der Waals surface area contributed by atoms with Crippen LogP contribution in [0, 0.1) is 6.92 Å². The van der Waals surface area contributed by atoms with Crippen LogP contribution < -0.4 is 5.73 Å². The maximum atomic E-state index is 12.8. The predicted octanol–water partition coefficient (Wildman–Crippen LogP) is 1.69. The van der Waals surface area contributed by atoms with Crippen molar-refractivity contribution in [3.63, 3.8) is 0 Å². The maximum Gasteiger partial charge on any atom is 0.289 e. The van der Waals surface area contributed by atoms with E-state index in [9.17, 15) is 9.59 Å². The number of aryl methyl sites for hydroxylation is 1. The molecule has 2 saturated heterocycles. The molecule has 2 aliphatic heterocycles. The van der Waals surface area contributed by atoms with Crippen molar-refractivity contribution in [2.75, 3.05) is 19.6 Å². The molecule has 2 aromatic heterocycles. The van der Waals surface area contributed by atoms with E-state index in [0.29, 0.717) is 36.0 Å². The van der Waals surface area contributed by atoms with Crippen molar-refractivity contribution in [3.8, 4) is 0 Å². The highest BCUT2D eigenvalue weighted by atomic mass is 16.3. The van der Waals surface area contributed by atoms with Gasteiger partial charge in [0.15, 0.2) is 11.3 Å². The molecule has 4 heterocycles. The number of nitrogens with two attached hydrogens (primary N) is 1. The Bertz CT molecular complexity index is 838. The fourth-order valence-electron chi connectivity index (χ4n) is 4.22. The molecule has 7 nitrogen and oxygen atoms in total. The Hall–Kier alpha value is -2.41. The van der Waals surface area contributed by atoms with Crippen LogP contribution in [0.1, 0.15) is 41.9 Å². The summed E-state index contributed by atoms with van der Waals surface area (Å²) >= 11 is 0. The summed E-state index contributed by atoms with van der Waals surface area (Å²) < 4.78 is 5.69. The zero-order valence-corrected chi connectivity index (χ0v) is 15.0. The number of likely N-dealkylation sites (tertiary alicyclic amines) is 2. The molecule has 1 unspecified atom stereocenters. The molecule has 2 aromatic rings. The van der Waals surface area contributed by atoms with Crippen LogP contribution in [0.3, 0.4) is 0 Å². The third kappa shape index (κ3) is 3.07. The van der Waals surface area contributed by atoms with Gasteiger partial charge >= 0.3 is 0 Å². The van der Waals surface area contributed by atoms with E-state index in [1.54, 1.807) is 6.07 Å². The van der Waals surface area contributed by atoms with E-state index in [1.165, 1.54) is 0 Å². The molecular formula is C19H24N4O3. The molecular weight excluding hydrogens is 332 g/mol. The first-order chi connectivity index (χ1) is 12.5. The monoisotopic (exact) mass is 356 g/mol. The van der Waals surface area contributed by atoms with E-state index in [4.69, 9.17) is 10.2 Å². The first-order valence-corrected chi connectivity index (χ1v) is 9.24. The van der Waals surface area contributed by atoms with Gasteiger partial charge in [-0.25, -0.2) is 4.98 Å². The average molecular weight is 356 g/mol. The normalized spacial score (nSPS) is 22.2. The van der Waals surface area contributed by atoms with Gasteiger partial charge in [-0.2, -0.15) is 0 Å². The van der Waals surface area contributed by atoms with E-state index in [0.717, 1.165) is 37.9 Å². The lowest BCUT2D eigenvalue weighted by Crippen LogP contribution is -2.51. The number of hydrogen-bond donors (Lipinski definition) is 1. The highest BCUT2D eigenvalue weighted by molar-refractivity contribution is 5.95. The van der Waals surface area contributed by atoms with Crippen molar-refractivity contribution in [1.82, 2.24) is 14.8 Å². The molecule has 0 radical (unpaired) electrons. The molecule has 26 heavy (non-hydrogen) atoms. The second kappa shape index (κ2) is 6.72. The second-order valence-electron chi connectivity index (χ2n) is 7.27. The van der Waals surface area contributed by atoms with Crippen LogP contribution in [0.4, 0.5) is 0 Å². The zero-order valence-electron chi connectivity index (χ0n) is 15.0. The molecule has 0 aliphatic carbocycles. The quantitative estimate of drug-likeness (QED) is 0.903. The average Bonchev–Trinajstić information content (AvgIpc) is 3.28. The first-order valence-electron chi connectivity index (χ1n) is 9.24. The van der Waals surface area contributed by atoms with Gasteiger partial charge in [0, 0.05) is 30.9 Å². The highest BCUT2D eigenvalue weighted by Gasteiger charge is 2.36. The predicted molar refractivity (Wildman–Crippen MR) is 96.6 cm³/mol. The Morgan fingerprint density at radius 2 is 1.96 bits per heavy atom. The number of carbonyl (C=O) groups excluding carboxylic acids is 2. The molecule has 2 aliphatic rings. The molecule has 1 atom stereocenters. The van der Waals surface area contributed by atoms with E-state index >= 15 is 0 Å². The van der Waals surface area contributed by atoms with Crippen LogP contribution in [0.5, 0.6) is 0 Å². The van der Waals surface area contributed by atoms with Gasteiger partial charge in [-0.15, -0.1) is 0 Å². The maximum absolute atomic E-state index is 12.8. The smallest absolute Gasteiger partial charge is 0.289 e. The van der Waals surface area contributed by atoms with Gasteiger partial charge in [-0.1, -0.05) is 0 Å². The summed E-state index contributed by atoms with van der Waals surface area (Å²) in [5.74, 6) is 0.0192. The number of carbonyl (C=O) groups is 2. The number of pyridine rings is 1. The molecule has 0 bridgehead atoms. The van der Waals surface area contributed by atoms with Crippen LogP contribution >= 0.6 is 0 Å². The molecule has 2 fully saturated rings. The van der Waals surface area contributed by atoms with Crippen molar-refractivity contribution < 1.29 is 14.0 Å². The van der Waals surface area contributed by atoms with Crippen LogP contribution in [0.25, 0.3) is 11.1 Å². The third-order valence-corrected chi connectivity index (χ3v) is 5.57. The molecule has 0 aromatic carbocycles. The summed E-state index contributed by atoms with van der Waals surface area (Å²) in [6.45, 7) is 4.15. The molecule has 7 heteroatoms. The number of hydrogen-bond acceptors (Lipinski definition) is 5. The number of piperidine rings is 1. The van der Waals surface area contributed by atoms with E-state index in [1.807, 2.05) is 24.0 Å². The first kappa shape index (κ1) is 17.0. The zero-order chi connectivity index (χ0) is 18.3. The number of rotatable bonds is 3. The molecule has 0 saturated carbocycles. The largest absolute Gasteiger partial charge is 0.449 e. The summed E-state index contributed by atoms with van der Waals surface area (Å²) in [4.78, 5) is 32.9.